The number of phenols is 3. The fourth-order valence-electron chi connectivity index (χ4n) is 4.04. The molecule has 0 unspecified atom stereocenters. The molecule has 0 aliphatic carbocycles. The van der Waals surface area contributed by atoms with Crippen LogP contribution in [0.15, 0.2) is 59.6 Å². The highest BCUT2D eigenvalue weighted by atomic mass is 16.3. The number of benzene rings is 3. The van der Waals surface area contributed by atoms with Gasteiger partial charge in [0.2, 0.25) is 0 Å². The van der Waals surface area contributed by atoms with E-state index in [1.54, 1.807) is 12.3 Å². The molecular formula is C29H37N3O3. The summed E-state index contributed by atoms with van der Waals surface area (Å²) in [6.07, 6.45) is 1.72. The summed E-state index contributed by atoms with van der Waals surface area (Å²) >= 11 is 0. The quantitative estimate of drug-likeness (QED) is 0.258. The number of aromatic hydroxyl groups is 3. The Balaban J connectivity index is 1.68. The summed E-state index contributed by atoms with van der Waals surface area (Å²) in [5.74, 6) is 0.854. The first-order chi connectivity index (χ1) is 16.7. The second-order valence-corrected chi connectivity index (χ2v) is 9.72. The third kappa shape index (κ3) is 7.31. The monoisotopic (exact) mass is 475 g/mol. The summed E-state index contributed by atoms with van der Waals surface area (Å²) in [7, 11) is 0. The first-order valence-electron chi connectivity index (χ1n) is 11.9. The molecule has 0 radical (unpaired) electrons. The fraction of sp³-hybridized carbons (Fsp3) is 0.345. The van der Waals surface area contributed by atoms with Crippen LogP contribution in [0.1, 0.15) is 40.3 Å². The van der Waals surface area contributed by atoms with Gasteiger partial charge in [0.1, 0.15) is 17.2 Å². The number of hydrogen-bond donors (Lipinski definition) is 5. The van der Waals surface area contributed by atoms with Crippen molar-refractivity contribution in [2.75, 3.05) is 19.6 Å². The zero-order valence-corrected chi connectivity index (χ0v) is 21.1. The molecule has 0 bridgehead atoms. The Morgan fingerprint density at radius 2 is 1.43 bits per heavy atom. The molecule has 35 heavy (non-hydrogen) atoms. The van der Waals surface area contributed by atoms with E-state index in [4.69, 9.17) is 0 Å². The first kappa shape index (κ1) is 26.3. The summed E-state index contributed by atoms with van der Waals surface area (Å²) in [5, 5.41) is 37.8. The molecule has 5 N–H and O–H groups in total. The minimum atomic E-state index is -0.255. The van der Waals surface area contributed by atoms with E-state index in [1.807, 2.05) is 69.3 Å². The van der Waals surface area contributed by atoms with Crippen molar-refractivity contribution in [1.29, 1.82) is 0 Å². The third-order valence-corrected chi connectivity index (χ3v) is 6.26. The Bertz CT molecular complexity index is 1170. The maximum atomic E-state index is 10.3. The van der Waals surface area contributed by atoms with Gasteiger partial charge in [0.25, 0.3) is 0 Å². The second-order valence-electron chi connectivity index (χ2n) is 9.72. The molecule has 6 heteroatoms. The van der Waals surface area contributed by atoms with E-state index in [0.29, 0.717) is 44.0 Å². The number of hydrogen-bond acceptors (Lipinski definition) is 6. The number of para-hydroxylation sites is 2. The third-order valence-electron chi connectivity index (χ3n) is 6.26. The van der Waals surface area contributed by atoms with Crippen LogP contribution in [-0.2, 0) is 13.1 Å². The van der Waals surface area contributed by atoms with E-state index in [1.165, 1.54) is 0 Å². The van der Waals surface area contributed by atoms with Crippen molar-refractivity contribution in [3.8, 4) is 17.2 Å². The van der Waals surface area contributed by atoms with Crippen molar-refractivity contribution in [3.63, 3.8) is 0 Å². The number of nitrogens with one attached hydrogen (secondary N) is 2. The molecule has 3 aromatic rings. The van der Waals surface area contributed by atoms with Crippen molar-refractivity contribution >= 4 is 6.21 Å². The average Bonchev–Trinajstić information content (AvgIpc) is 2.82. The minimum absolute atomic E-state index is 0.249. The van der Waals surface area contributed by atoms with E-state index < -0.39 is 0 Å². The lowest BCUT2D eigenvalue weighted by atomic mass is 9.90. The number of aliphatic imine (C=N–C) groups is 1. The molecule has 0 aromatic heterocycles. The van der Waals surface area contributed by atoms with Gasteiger partial charge < -0.3 is 26.0 Å². The molecule has 6 nitrogen and oxygen atoms in total. The van der Waals surface area contributed by atoms with Crippen LogP contribution in [0.4, 0.5) is 0 Å². The average molecular weight is 476 g/mol. The standard InChI is InChI=1S/C29H37N3O3/c1-20-11-12-26(33)25(13-20)16-32-19-29(4,17-30-14-23-9-5-7-21(2)27(23)34)18-31-15-24-10-6-8-22(3)28(24)35/h5-14,31-35H,15-19H2,1-4H3/t29-/m1/s1. The highest BCUT2D eigenvalue weighted by Crippen LogP contribution is 2.23. The Labute approximate surface area is 208 Å². The van der Waals surface area contributed by atoms with Gasteiger partial charge in [-0.25, -0.2) is 0 Å². The van der Waals surface area contributed by atoms with Gasteiger partial charge in [-0.3, -0.25) is 4.99 Å². The van der Waals surface area contributed by atoms with Gasteiger partial charge in [-0.1, -0.05) is 55.0 Å². The molecule has 186 valence electrons. The zero-order valence-electron chi connectivity index (χ0n) is 21.1. The van der Waals surface area contributed by atoms with Crippen LogP contribution in [0, 0.1) is 26.2 Å². The number of aryl methyl sites for hydroxylation is 3. The molecule has 3 rings (SSSR count). The second kappa shape index (κ2) is 11.9. The normalized spacial score (nSPS) is 13.3. The molecule has 0 aliphatic rings. The van der Waals surface area contributed by atoms with Crippen LogP contribution in [0.25, 0.3) is 0 Å². The zero-order chi connectivity index (χ0) is 25.4. The smallest absolute Gasteiger partial charge is 0.127 e. The van der Waals surface area contributed by atoms with Crippen molar-refractivity contribution < 1.29 is 15.3 Å². The van der Waals surface area contributed by atoms with Crippen LogP contribution in [0.5, 0.6) is 17.2 Å². The largest absolute Gasteiger partial charge is 0.508 e. The Morgan fingerprint density at radius 3 is 2.14 bits per heavy atom. The Morgan fingerprint density at radius 1 is 0.800 bits per heavy atom. The van der Waals surface area contributed by atoms with Crippen LogP contribution in [-0.4, -0.2) is 41.2 Å². The van der Waals surface area contributed by atoms with Crippen molar-refractivity contribution in [3.05, 3.63) is 88.0 Å². The Kier molecular flexibility index (Phi) is 8.90. The summed E-state index contributed by atoms with van der Waals surface area (Å²) in [6, 6.07) is 17.0. The summed E-state index contributed by atoms with van der Waals surface area (Å²) in [5.41, 5.74) is 4.93. The van der Waals surface area contributed by atoms with Gasteiger partial charge >= 0.3 is 0 Å². The lowest BCUT2D eigenvalue weighted by Gasteiger charge is -2.29. The van der Waals surface area contributed by atoms with Crippen LogP contribution in [0.2, 0.25) is 0 Å². The van der Waals surface area contributed by atoms with Crippen LogP contribution < -0.4 is 10.6 Å². The Hall–Kier alpha value is -3.35. The van der Waals surface area contributed by atoms with Gasteiger partial charge in [0, 0.05) is 61.0 Å². The molecule has 0 saturated heterocycles. The van der Waals surface area contributed by atoms with Gasteiger partial charge in [-0.15, -0.1) is 0 Å². The molecule has 0 spiro atoms. The van der Waals surface area contributed by atoms with E-state index in [2.05, 4.69) is 22.5 Å². The predicted octanol–water partition coefficient (Wildman–Crippen LogP) is 4.73. The molecular weight excluding hydrogens is 438 g/mol. The maximum Gasteiger partial charge on any atom is 0.127 e. The van der Waals surface area contributed by atoms with E-state index >= 15 is 0 Å². The molecule has 0 aliphatic heterocycles. The van der Waals surface area contributed by atoms with E-state index in [9.17, 15) is 15.3 Å². The summed E-state index contributed by atoms with van der Waals surface area (Å²) in [4.78, 5) is 4.67. The fourth-order valence-corrected chi connectivity index (χ4v) is 4.04. The summed E-state index contributed by atoms with van der Waals surface area (Å²) < 4.78 is 0. The molecule has 0 amide bonds. The number of rotatable bonds is 11. The van der Waals surface area contributed by atoms with Crippen molar-refractivity contribution in [2.24, 2.45) is 10.4 Å². The highest BCUT2D eigenvalue weighted by Gasteiger charge is 2.24. The minimum Gasteiger partial charge on any atom is -0.508 e. The highest BCUT2D eigenvalue weighted by molar-refractivity contribution is 5.84. The van der Waals surface area contributed by atoms with Gasteiger partial charge in [-0.05, 0) is 44.0 Å². The maximum absolute atomic E-state index is 10.3. The molecule has 0 heterocycles. The van der Waals surface area contributed by atoms with Gasteiger partial charge in [0.15, 0.2) is 0 Å². The molecule has 0 fully saturated rings. The van der Waals surface area contributed by atoms with Crippen LogP contribution in [0.3, 0.4) is 0 Å². The number of phenolic OH excluding ortho intramolecular Hbond substituents is 3. The van der Waals surface area contributed by atoms with Crippen molar-refractivity contribution in [1.82, 2.24) is 10.6 Å². The van der Waals surface area contributed by atoms with E-state index in [-0.39, 0.29) is 16.9 Å². The van der Waals surface area contributed by atoms with E-state index in [0.717, 1.165) is 27.8 Å². The predicted molar refractivity (Wildman–Crippen MR) is 143 cm³/mol. The van der Waals surface area contributed by atoms with Gasteiger partial charge in [-0.2, -0.15) is 0 Å². The lowest BCUT2D eigenvalue weighted by molar-refractivity contribution is 0.296. The molecule has 0 saturated carbocycles. The first-order valence-corrected chi connectivity index (χ1v) is 11.9. The molecule has 1 atom stereocenters. The molecule has 3 aromatic carbocycles. The topological polar surface area (TPSA) is 97.1 Å². The number of nitrogens with zero attached hydrogens (tertiary/aromatic N) is 1. The summed E-state index contributed by atoms with van der Waals surface area (Å²) in [6.45, 7) is 10.8. The van der Waals surface area contributed by atoms with Gasteiger partial charge in [0.05, 0.1) is 0 Å². The lowest BCUT2D eigenvalue weighted by Crippen LogP contribution is -2.42. The SMILES string of the molecule is Cc1ccc(O)c(CNC[C@](C)(CN=Cc2cccc(C)c2O)CNCc2cccc(C)c2O)c1. The van der Waals surface area contributed by atoms with Crippen LogP contribution >= 0.6 is 0 Å². The van der Waals surface area contributed by atoms with Crippen molar-refractivity contribution in [2.45, 2.75) is 40.8 Å².